The number of nitrogens with one attached hydrogen (secondary N) is 1. The van der Waals surface area contributed by atoms with Crippen molar-refractivity contribution in [2.75, 3.05) is 23.1 Å². The zero-order valence-electron chi connectivity index (χ0n) is 23.9. The van der Waals surface area contributed by atoms with Gasteiger partial charge in [0, 0.05) is 23.8 Å². The van der Waals surface area contributed by atoms with Gasteiger partial charge in [-0.1, -0.05) is 29.1 Å². The van der Waals surface area contributed by atoms with Crippen molar-refractivity contribution in [2.45, 2.75) is 25.6 Å². The van der Waals surface area contributed by atoms with Crippen molar-refractivity contribution >= 4 is 40.2 Å². The standard InChI is InChI=1S/C29H20F7N5O5S/c1-14-3-9-18(23(44-2)28(31,32)33)21(11-14)41-22(42)13-47-27(41)39-26(43)37-20-10-6-16(12-19(20)30)25-38-24(40-46-25)15-4-7-17(8-5-15)45-29(34,35)36/h3-12,23H,13H2,1-2H3,(H,37,43)/b39-27-. The molecule has 1 N–H and O–H groups in total. The molecule has 1 unspecified atom stereocenters. The van der Waals surface area contributed by atoms with Gasteiger partial charge in [0.05, 0.1) is 17.1 Å². The molecule has 47 heavy (non-hydrogen) atoms. The number of urea groups is 1. The van der Waals surface area contributed by atoms with Crippen LogP contribution in [0.5, 0.6) is 5.75 Å². The van der Waals surface area contributed by atoms with Crippen molar-refractivity contribution in [1.29, 1.82) is 0 Å². The lowest BCUT2D eigenvalue weighted by atomic mass is 10.0. The lowest BCUT2D eigenvalue weighted by molar-refractivity contribution is -0.274. The van der Waals surface area contributed by atoms with Crippen LogP contribution in [0.3, 0.4) is 0 Å². The minimum absolute atomic E-state index is 0.0100. The van der Waals surface area contributed by atoms with Crippen LogP contribution in [0, 0.1) is 12.7 Å². The normalized spacial score (nSPS) is 15.3. The van der Waals surface area contributed by atoms with E-state index in [2.05, 4.69) is 29.9 Å². The fraction of sp³-hybridized carbons (Fsp3) is 0.207. The summed E-state index contributed by atoms with van der Waals surface area (Å²) in [7, 11) is 0.876. The highest BCUT2D eigenvalue weighted by atomic mass is 32.2. The molecule has 0 bridgehead atoms. The van der Waals surface area contributed by atoms with E-state index in [9.17, 15) is 35.9 Å². The number of carbonyl (C=O) groups excluding carboxylic acids is 2. The molecule has 0 aliphatic carbocycles. The molecule has 10 nitrogen and oxygen atoms in total. The Morgan fingerprint density at radius 1 is 1.04 bits per heavy atom. The third-order valence-corrected chi connectivity index (χ3v) is 7.36. The Balaban J connectivity index is 1.33. The minimum Gasteiger partial charge on any atom is -0.406 e. The van der Waals surface area contributed by atoms with Gasteiger partial charge in [-0.25, -0.2) is 9.18 Å². The molecule has 0 saturated carbocycles. The molecule has 1 aliphatic heterocycles. The quantitative estimate of drug-likeness (QED) is 0.197. The summed E-state index contributed by atoms with van der Waals surface area (Å²) in [4.78, 5) is 34.4. The lowest BCUT2D eigenvalue weighted by Crippen LogP contribution is -2.33. The maximum Gasteiger partial charge on any atom is 0.573 e. The number of benzene rings is 3. The van der Waals surface area contributed by atoms with Crippen LogP contribution in [0.25, 0.3) is 22.8 Å². The summed E-state index contributed by atoms with van der Waals surface area (Å²) in [6, 6.07) is 10.9. The van der Waals surface area contributed by atoms with E-state index < -0.39 is 42.1 Å². The molecule has 3 amide bonds. The first-order valence-corrected chi connectivity index (χ1v) is 14.2. The maximum atomic E-state index is 15.0. The van der Waals surface area contributed by atoms with E-state index in [1.165, 1.54) is 36.4 Å². The van der Waals surface area contributed by atoms with E-state index in [1.54, 1.807) is 6.92 Å². The zero-order valence-corrected chi connectivity index (χ0v) is 24.8. The van der Waals surface area contributed by atoms with Crippen LogP contribution in [-0.2, 0) is 9.53 Å². The van der Waals surface area contributed by atoms with Crippen molar-refractivity contribution in [3.63, 3.8) is 0 Å². The number of aryl methyl sites for hydroxylation is 1. The smallest absolute Gasteiger partial charge is 0.406 e. The van der Waals surface area contributed by atoms with E-state index in [-0.39, 0.29) is 50.7 Å². The lowest BCUT2D eigenvalue weighted by Gasteiger charge is -2.26. The van der Waals surface area contributed by atoms with E-state index in [0.717, 1.165) is 48.0 Å². The Bertz CT molecular complexity index is 1840. The first-order valence-electron chi connectivity index (χ1n) is 13.2. The molecule has 1 saturated heterocycles. The highest BCUT2D eigenvalue weighted by molar-refractivity contribution is 8.15. The van der Waals surface area contributed by atoms with Gasteiger partial charge in [-0.2, -0.15) is 23.1 Å². The largest absolute Gasteiger partial charge is 0.573 e. The molecule has 0 radical (unpaired) electrons. The van der Waals surface area contributed by atoms with Gasteiger partial charge in [0.1, 0.15) is 11.6 Å². The first kappa shape index (κ1) is 33.4. The van der Waals surface area contributed by atoms with Gasteiger partial charge < -0.3 is 19.3 Å². The Kier molecular flexibility index (Phi) is 9.26. The van der Waals surface area contributed by atoms with Crippen LogP contribution in [0.15, 0.2) is 70.2 Å². The number of methoxy groups -OCH3 is 1. The number of anilines is 2. The predicted molar refractivity (Wildman–Crippen MR) is 155 cm³/mol. The molecule has 1 fully saturated rings. The number of aliphatic imine (C=N–C) groups is 1. The maximum absolute atomic E-state index is 15.0. The molecule has 1 aliphatic rings. The Morgan fingerprint density at radius 3 is 2.38 bits per heavy atom. The number of halogens is 7. The fourth-order valence-corrected chi connectivity index (χ4v) is 5.29. The van der Waals surface area contributed by atoms with Gasteiger partial charge in [0.2, 0.25) is 11.7 Å². The van der Waals surface area contributed by atoms with E-state index in [4.69, 9.17) is 4.52 Å². The summed E-state index contributed by atoms with van der Waals surface area (Å²) >= 11 is 0.806. The molecular weight excluding hydrogens is 663 g/mol. The van der Waals surface area contributed by atoms with Crippen molar-refractivity contribution < 1.29 is 54.3 Å². The molecule has 4 aromatic rings. The second kappa shape index (κ2) is 13.0. The van der Waals surface area contributed by atoms with E-state index in [1.807, 2.05) is 0 Å². The molecule has 1 aromatic heterocycles. The van der Waals surface area contributed by atoms with Crippen LogP contribution in [-0.4, -0.2) is 52.6 Å². The van der Waals surface area contributed by atoms with Crippen molar-refractivity contribution in [1.82, 2.24) is 10.1 Å². The second-order valence-corrected chi connectivity index (χ2v) is 10.7. The number of nitrogens with zero attached hydrogens (tertiary/aromatic N) is 4. The number of aromatic nitrogens is 2. The second-order valence-electron chi connectivity index (χ2n) is 9.75. The third-order valence-electron chi connectivity index (χ3n) is 6.43. The highest BCUT2D eigenvalue weighted by Crippen LogP contribution is 2.42. The monoisotopic (exact) mass is 683 g/mol. The van der Waals surface area contributed by atoms with Crippen LogP contribution in [0.4, 0.5) is 46.9 Å². The first-order chi connectivity index (χ1) is 22.1. The van der Waals surface area contributed by atoms with Gasteiger partial charge in [0.25, 0.3) is 5.89 Å². The Morgan fingerprint density at radius 2 is 1.74 bits per heavy atom. The van der Waals surface area contributed by atoms with Gasteiger partial charge in [0.15, 0.2) is 11.3 Å². The highest BCUT2D eigenvalue weighted by Gasteiger charge is 2.44. The topological polar surface area (TPSA) is 119 Å². The summed E-state index contributed by atoms with van der Waals surface area (Å²) in [5.41, 5.74) is 0.0258. The number of thioether (sulfide) groups is 1. The van der Waals surface area contributed by atoms with E-state index >= 15 is 4.39 Å². The number of carbonyl (C=O) groups is 2. The Labute approximate surface area is 264 Å². The average molecular weight is 684 g/mol. The average Bonchev–Trinajstić information content (AvgIpc) is 3.61. The van der Waals surface area contributed by atoms with E-state index in [0.29, 0.717) is 5.56 Å². The van der Waals surface area contributed by atoms with Gasteiger partial charge in [-0.05, 0) is 61.0 Å². The molecule has 1 atom stereocenters. The fourth-order valence-electron chi connectivity index (χ4n) is 4.43. The summed E-state index contributed by atoms with van der Waals surface area (Å²) in [5.74, 6) is -2.42. The van der Waals surface area contributed by atoms with Crippen LogP contribution in [0.2, 0.25) is 0 Å². The summed E-state index contributed by atoms with van der Waals surface area (Å²) in [6.45, 7) is 1.61. The zero-order chi connectivity index (χ0) is 34.1. The molecule has 246 valence electrons. The number of ether oxygens (including phenoxy) is 2. The van der Waals surface area contributed by atoms with Gasteiger partial charge in [-0.3, -0.25) is 9.69 Å². The van der Waals surface area contributed by atoms with Crippen molar-refractivity contribution in [3.05, 3.63) is 77.6 Å². The summed E-state index contributed by atoms with van der Waals surface area (Å²) in [5, 5.41) is 5.73. The van der Waals surface area contributed by atoms with Gasteiger partial charge >= 0.3 is 18.6 Å². The van der Waals surface area contributed by atoms with Gasteiger partial charge in [-0.15, -0.1) is 13.2 Å². The van der Waals surface area contributed by atoms with Crippen LogP contribution >= 0.6 is 11.8 Å². The summed E-state index contributed by atoms with van der Waals surface area (Å²) in [6.07, 6.45) is -12.0. The number of rotatable bonds is 7. The van der Waals surface area contributed by atoms with Crippen LogP contribution < -0.4 is 15.0 Å². The predicted octanol–water partition coefficient (Wildman–Crippen LogP) is 7.67. The third kappa shape index (κ3) is 7.71. The molecule has 18 heteroatoms. The molecule has 0 spiro atoms. The minimum atomic E-state index is -4.86. The molecule has 5 rings (SSSR count). The number of hydrogen-bond acceptors (Lipinski definition) is 8. The summed E-state index contributed by atoms with van der Waals surface area (Å²) < 4.78 is 107. The number of amides is 3. The van der Waals surface area contributed by atoms with Crippen molar-refractivity contribution in [3.8, 4) is 28.6 Å². The van der Waals surface area contributed by atoms with Crippen molar-refractivity contribution in [2.24, 2.45) is 4.99 Å². The number of alkyl halides is 6. The Hall–Kier alpha value is -4.97. The molecule has 2 heterocycles. The molecule has 3 aromatic carbocycles. The number of hydrogen-bond donors (Lipinski definition) is 1. The SMILES string of the molecule is COC(c1ccc(C)cc1N1C(=O)CS/C1=N\C(=O)Nc1ccc(-c2nc(-c3ccc(OC(F)(F)F)cc3)no2)cc1F)C(F)(F)F. The number of amidine groups is 1. The molecular formula is C29H20F7N5O5S. The van der Waals surface area contributed by atoms with Crippen LogP contribution in [0.1, 0.15) is 17.2 Å².